The molecule has 1 aromatic heterocycles. The summed E-state index contributed by atoms with van der Waals surface area (Å²) in [6.07, 6.45) is 1.55. The highest BCUT2D eigenvalue weighted by Crippen LogP contribution is 2.25. The van der Waals surface area contributed by atoms with Crippen molar-refractivity contribution in [3.8, 4) is 0 Å². The Balaban J connectivity index is 1.83. The number of hydrogen-bond donors (Lipinski definition) is 1. The molecular weight excluding hydrogens is 449 g/mol. The van der Waals surface area contributed by atoms with Gasteiger partial charge in [-0.1, -0.05) is 57.3 Å². The molecule has 0 unspecified atom stereocenters. The van der Waals surface area contributed by atoms with Gasteiger partial charge in [-0.2, -0.15) is 5.10 Å². The van der Waals surface area contributed by atoms with Gasteiger partial charge in [0.25, 0.3) is 10.0 Å². The van der Waals surface area contributed by atoms with Crippen molar-refractivity contribution in [2.75, 3.05) is 4.72 Å². The smallest absolute Gasteiger partial charge is 0.263 e. The first-order valence-electron chi connectivity index (χ1n) is 7.10. The molecule has 9 heteroatoms. The highest BCUT2D eigenvalue weighted by atomic mass is 79.9. The number of nitrogens with one attached hydrogen (secondary N) is 1. The molecule has 0 fully saturated rings. The number of anilines is 1. The third kappa shape index (κ3) is 4.36. The van der Waals surface area contributed by atoms with Gasteiger partial charge in [0.1, 0.15) is 5.02 Å². The van der Waals surface area contributed by atoms with Crippen LogP contribution < -0.4 is 4.72 Å². The fourth-order valence-electron chi connectivity index (χ4n) is 2.15. The Labute approximate surface area is 163 Å². The number of sulfonamides is 1. The molecule has 0 amide bonds. The van der Waals surface area contributed by atoms with Crippen molar-refractivity contribution in [1.82, 2.24) is 9.78 Å². The van der Waals surface area contributed by atoms with Crippen LogP contribution in [0, 0.1) is 0 Å². The molecule has 25 heavy (non-hydrogen) atoms. The fourth-order valence-corrected chi connectivity index (χ4v) is 3.88. The minimum atomic E-state index is -3.78. The number of halogens is 3. The van der Waals surface area contributed by atoms with Gasteiger partial charge in [-0.05, 0) is 35.9 Å². The maximum absolute atomic E-state index is 12.4. The summed E-state index contributed by atoms with van der Waals surface area (Å²) < 4.78 is 29.6. The topological polar surface area (TPSA) is 64.0 Å². The van der Waals surface area contributed by atoms with Crippen LogP contribution >= 0.6 is 39.1 Å². The zero-order valence-electron chi connectivity index (χ0n) is 12.7. The second-order valence-corrected chi connectivity index (χ2v) is 8.59. The van der Waals surface area contributed by atoms with E-state index in [0.29, 0.717) is 11.6 Å². The molecule has 0 aliphatic rings. The number of hydrogen-bond acceptors (Lipinski definition) is 3. The summed E-state index contributed by atoms with van der Waals surface area (Å²) in [6.45, 7) is 0.374. The van der Waals surface area contributed by atoms with Gasteiger partial charge in [-0.3, -0.25) is 9.40 Å². The van der Waals surface area contributed by atoms with Crippen molar-refractivity contribution in [2.24, 2.45) is 0 Å². The van der Waals surface area contributed by atoms with E-state index in [0.717, 1.165) is 10.0 Å². The van der Waals surface area contributed by atoms with E-state index in [-0.39, 0.29) is 15.7 Å². The molecule has 3 aromatic rings. The normalized spacial score (nSPS) is 11.5. The third-order valence-corrected chi connectivity index (χ3v) is 5.89. The molecule has 2 aromatic carbocycles. The van der Waals surface area contributed by atoms with Crippen molar-refractivity contribution in [3.05, 3.63) is 74.8 Å². The lowest BCUT2D eigenvalue weighted by atomic mass is 10.2. The van der Waals surface area contributed by atoms with E-state index >= 15 is 0 Å². The SMILES string of the molecule is O=S(=O)(Nc1nn(Cc2ccccc2Cl)cc1Cl)c1ccc(Br)cc1. The van der Waals surface area contributed by atoms with E-state index in [9.17, 15) is 8.42 Å². The van der Waals surface area contributed by atoms with Crippen LogP contribution in [-0.4, -0.2) is 18.2 Å². The monoisotopic (exact) mass is 459 g/mol. The summed E-state index contributed by atoms with van der Waals surface area (Å²) in [5, 5.41) is 5.01. The van der Waals surface area contributed by atoms with E-state index in [4.69, 9.17) is 23.2 Å². The number of benzene rings is 2. The molecule has 0 saturated heterocycles. The second-order valence-electron chi connectivity index (χ2n) is 5.17. The number of rotatable bonds is 5. The average Bonchev–Trinajstić information content (AvgIpc) is 2.89. The highest BCUT2D eigenvalue weighted by Gasteiger charge is 2.18. The minimum Gasteiger partial charge on any atom is -0.265 e. The summed E-state index contributed by atoms with van der Waals surface area (Å²) in [5.74, 6) is 0.0663. The van der Waals surface area contributed by atoms with Crippen LogP contribution in [-0.2, 0) is 16.6 Å². The van der Waals surface area contributed by atoms with Crippen LogP contribution in [0.1, 0.15) is 5.56 Å². The largest absolute Gasteiger partial charge is 0.265 e. The van der Waals surface area contributed by atoms with Gasteiger partial charge in [0.15, 0.2) is 5.82 Å². The molecule has 1 N–H and O–H groups in total. The van der Waals surface area contributed by atoms with Gasteiger partial charge in [-0.25, -0.2) is 8.42 Å². The molecule has 1 heterocycles. The summed E-state index contributed by atoms with van der Waals surface area (Å²) in [6, 6.07) is 13.6. The summed E-state index contributed by atoms with van der Waals surface area (Å²) in [4.78, 5) is 0.118. The number of aromatic nitrogens is 2. The van der Waals surface area contributed by atoms with Gasteiger partial charge in [-0.15, -0.1) is 0 Å². The molecule has 130 valence electrons. The van der Waals surface area contributed by atoms with Crippen LogP contribution in [0.15, 0.2) is 64.1 Å². The maximum atomic E-state index is 12.4. The minimum absolute atomic E-state index is 0.0663. The van der Waals surface area contributed by atoms with Gasteiger partial charge in [0.05, 0.1) is 11.4 Å². The molecule has 5 nitrogen and oxygen atoms in total. The summed E-state index contributed by atoms with van der Waals surface area (Å²) in [5.41, 5.74) is 0.852. The lowest BCUT2D eigenvalue weighted by Gasteiger charge is -2.06. The molecule has 0 aliphatic heterocycles. The summed E-state index contributed by atoms with van der Waals surface area (Å²) in [7, 11) is -3.78. The molecular formula is C16H12BrCl2N3O2S. The number of nitrogens with zero attached hydrogens (tertiary/aromatic N) is 2. The van der Waals surface area contributed by atoms with Gasteiger partial charge in [0, 0.05) is 15.7 Å². The summed E-state index contributed by atoms with van der Waals surface area (Å²) >= 11 is 15.5. The van der Waals surface area contributed by atoms with Crippen molar-refractivity contribution < 1.29 is 8.42 Å². The molecule has 0 bridgehead atoms. The van der Waals surface area contributed by atoms with E-state index < -0.39 is 10.0 Å². The lowest BCUT2D eigenvalue weighted by Crippen LogP contribution is -2.14. The van der Waals surface area contributed by atoms with Crippen LogP contribution in [0.3, 0.4) is 0 Å². The Kier molecular flexibility index (Phi) is 5.38. The third-order valence-electron chi connectivity index (χ3n) is 3.36. The zero-order valence-corrected chi connectivity index (χ0v) is 16.6. The zero-order chi connectivity index (χ0) is 18.0. The van der Waals surface area contributed by atoms with Crippen molar-refractivity contribution >= 4 is 55.0 Å². The van der Waals surface area contributed by atoms with Gasteiger partial charge < -0.3 is 0 Å². The van der Waals surface area contributed by atoms with Crippen molar-refractivity contribution in [1.29, 1.82) is 0 Å². The van der Waals surface area contributed by atoms with E-state index in [2.05, 4.69) is 25.8 Å². The predicted molar refractivity (Wildman–Crippen MR) is 103 cm³/mol. The Morgan fingerprint density at radius 2 is 1.72 bits per heavy atom. The van der Waals surface area contributed by atoms with Crippen LogP contribution in [0.5, 0.6) is 0 Å². The van der Waals surface area contributed by atoms with Crippen LogP contribution in [0.25, 0.3) is 0 Å². The standard InChI is InChI=1S/C16H12BrCl2N3O2S/c17-12-5-7-13(8-6-12)25(23,24)21-16-15(19)10-22(20-16)9-11-3-1-2-4-14(11)18/h1-8,10H,9H2,(H,20,21). The van der Waals surface area contributed by atoms with Gasteiger partial charge in [0.2, 0.25) is 0 Å². The molecule has 0 aliphatic carbocycles. The Hall–Kier alpha value is -1.54. The lowest BCUT2D eigenvalue weighted by molar-refractivity contribution is 0.600. The molecule has 3 rings (SSSR count). The second kappa shape index (κ2) is 7.37. The molecule has 0 atom stereocenters. The first kappa shape index (κ1) is 18.3. The first-order chi connectivity index (χ1) is 11.8. The highest BCUT2D eigenvalue weighted by molar-refractivity contribution is 9.10. The maximum Gasteiger partial charge on any atom is 0.263 e. The van der Waals surface area contributed by atoms with Crippen molar-refractivity contribution in [3.63, 3.8) is 0 Å². The van der Waals surface area contributed by atoms with Crippen LogP contribution in [0.4, 0.5) is 5.82 Å². The van der Waals surface area contributed by atoms with Crippen LogP contribution in [0.2, 0.25) is 10.0 Å². The molecule has 0 radical (unpaired) electrons. The molecule has 0 spiro atoms. The average molecular weight is 461 g/mol. The van der Waals surface area contributed by atoms with E-state index in [1.807, 2.05) is 18.2 Å². The molecule has 0 saturated carbocycles. The van der Waals surface area contributed by atoms with E-state index in [1.54, 1.807) is 24.4 Å². The van der Waals surface area contributed by atoms with Gasteiger partial charge >= 0.3 is 0 Å². The van der Waals surface area contributed by atoms with E-state index in [1.165, 1.54) is 16.8 Å². The quantitative estimate of drug-likeness (QED) is 0.594. The first-order valence-corrected chi connectivity index (χ1v) is 10.1. The Bertz CT molecular complexity index is 1000. The fraction of sp³-hybridized carbons (Fsp3) is 0.0625. The Morgan fingerprint density at radius 1 is 1.04 bits per heavy atom. The Morgan fingerprint density at radius 3 is 2.40 bits per heavy atom. The predicted octanol–water partition coefficient (Wildman–Crippen LogP) is 4.80. The van der Waals surface area contributed by atoms with Crippen molar-refractivity contribution in [2.45, 2.75) is 11.4 Å².